The van der Waals surface area contributed by atoms with Crippen LogP contribution in [0.1, 0.15) is 16.1 Å². The number of H-pyrrole nitrogens is 1. The van der Waals surface area contributed by atoms with E-state index in [1.54, 1.807) is 32.5 Å². The molecule has 0 bridgehead atoms. The zero-order valence-electron chi connectivity index (χ0n) is 15.1. The zero-order chi connectivity index (χ0) is 19.7. The highest BCUT2D eigenvalue weighted by molar-refractivity contribution is 9.13. The van der Waals surface area contributed by atoms with Gasteiger partial charge in [-0.3, -0.25) is 9.59 Å². The lowest BCUT2D eigenvalue weighted by Crippen LogP contribution is -2.48. The van der Waals surface area contributed by atoms with Gasteiger partial charge in [0.2, 0.25) is 5.91 Å². The number of aromatic amines is 1. The number of amides is 2. The van der Waals surface area contributed by atoms with E-state index in [-0.39, 0.29) is 11.8 Å². The van der Waals surface area contributed by atoms with Crippen molar-refractivity contribution >= 4 is 65.2 Å². The summed E-state index contributed by atoms with van der Waals surface area (Å²) in [6.07, 6.45) is 0.463. The van der Waals surface area contributed by atoms with Crippen LogP contribution in [0.3, 0.4) is 0 Å². The first-order valence-electron chi connectivity index (χ1n) is 8.28. The Balaban J connectivity index is 1.90. The average Bonchev–Trinajstić information content (AvgIpc) is 3.18. The summed E-state index contributed by atoms with van der Waals surface area (Å²) in [4.78, 5) is 32.0. The maximum Gasteiger partial charge on any atom is 0.270 e. The molecule has 2 heterocycles. The number of aromatic nitrogens is 1. The van der Waals surface area contributed by atoms with Gasteiger partial charge in [0.15, 0.2) is 0 Å². The van der Waals surface area contributed by atoms with Crippen LogP contribution in [0.15, 0.2) is 44.7 Å². The number of rotatable bonds is 5. The summed E-state index contributed by atoms with van der Waals surface area (Å²) in [5, 5.41) is 0. The zero-order valence-corrected chi connectivity index (χ0v) is 19.1. The summed E-state index contributed by atoms with van der Waals surface area (Å²) in [7, 11) is 5.09. The molecule has 27 heavy (non-hydrogen) atoms. The van der Waals surface area contributed by atoms with Crippen molar-refractivity contribution in [3.8, 4) is 0 Å². The van der Waals surface area contributed by atoms with Crippen LogP contribution >= 0.6 is 43.2 Å². The summed E-state index contributed by atoms with van der Waals surface area (Å²) in [5.74, 6) is -0.315. The molecule has 1 atom stereocenters. The molecule has 0 radical (unpaired) electrons. The highest BCUT2D eigenvalue weighted by Crippen LogP contribution is 2.39. The number of carbonyl (C=O) groups is 2. The fourth-order valence-corrected chi connectivity index (χ4v) is 5.12. The minimum atomic E-state index is -0.577. The van der Waals surface area contributed by atoms with E-state index in [0.717, 1.165) is 24.0 Å². The third kappa shape index (κ3) is 4.12. The van der Waals surface area contributed by atoms with E-state index in [1.165, 1.54) is 9.80 Å². The molecule has 3 rings (SSSR count). The minimum Gasteiger partial charge on any atom is -0.349 e. The van der Waals surface area contributed by atoms with Crippen LogP contribution in [0, 0.1) is 0 Å². The number of nitrogens with zero attached hydrogens (tertiary/aromatic N) is 2. The predicted molar refractivity (Wildman–Crippen MR) is 116 cm³/mol. The van der Waals surface area contributed by atoms with Gasteiger partial charge in [0.1, 0.15) is 11.7 Å². The number of nitrogens with one attached hydrogen (secondary N) is 1. The lowest BCUT2D eigenvalue weighted by atomic mass is 10.0. The van der Waals surface area contributed by atoms with E-state index in [2.05, 4.69) is 36.8 Å². The Kier molecular flexibility index (Phi) is 6.08. The van der Waals surface area contributed by atoms with Crippen molar-refractivity contribution in [2.45, 2.75) is 12.5 Å². The first-order chi connectivity index (χ1) is 12.8. The summed E-state index contributed by atoms with van der Waals surface area (Å²) in [6, 6.07) is 11.0. The first-order valence-corrected chi connectivity index (χ1v) is 10.7. The van der Waals surface area contributed by atoms with Gasteiger partial charge in [0, 0.05) is 27.6 Å². The number of benzene rings is 1. The van der Waals surface area contributed by atoms with Crippen molar-refractivity contribution < 1.29 is 9.59 Å². The standard InChI is InChI=1S/C19H19Br2N3O2S/c1-23(2)19(26)13(9-11-7-5-4-6-8-11)24(3)18(25)12-10-14-16(22-12)15(20)17(21)27-14/h4-8,10,13,22H,9H2,1-3H3/t13-/m0/s1. The third-order valence-corrected chi connectivity index (χ3v) is 7.78. The molecule has 142 valence electrons. The Morgan fingerprint density at radius 1 is 1.15 bits per heavy atom. The summed E-state index contributed by atoms with van der Waals surface area (Å²) < 4.78 is 2.85. The Labute approximate surface area is 178 Å². The van der Waals surface area contributed by atoms with Crippen molar-refractivity contribution in [3.05, 3.63) is 55.9 Å². The molecular formula is C19H19Br2N3O2S. The molecule has 0 unspecified atom stereocenters. The molecule has 0 saturated carbocycles. The highest BCUT2D eigenvalue weighted by atomic mass is 79.9. The molecule has 0 aliphatic rings. The van der Waals surface area contributed by atoms with Gasteiger partial charge in [-0.2, -0.15) is 0 Å². The number of fused-ring (bicyclic) bond motifs is 1. The van der Waals surface area contributed by atoms with Crippen LogP contribution < -0.4 is 0 Å². The maximum absolute atomic E-state index is 13.1. The van der Waals surface area contributed by atoms with Crippen molar-refractivity contribution in [2.24, 2.45) is 0 Å². The lowest BCUT2D eigenvalue weighted by molar-refractivity contribution is -0.133. The first kappa shape index (κ1) is 20.1. The van der Waals surface area contributed by atoms with Gasteiger partial charge < -0.3 is 14.8 Å². The van der Waals surface area contributed by atoms with Gasteiger partial charge in [-0.15, -0.1) is 11.3 Å². The van der Waals surface area contributed by atoms with E-state index in [9.17, 15) is 9.59 Å². The van der Waals surface area contributed by atoms with E-state index in [4.69, 9.17) is 0 Å². The van der Waals surface area contributed by atoms with Crippen molar-refractivity contribution in [1.29, 1.82) is 0 Å². The van der Waals surface area contributed by atoms with E-state index >= 15 is 0 Å². The van der Waals surface area contributed by atoms with E-state index in [0.29, 0.717) is 12.1 Å². The Hall–Kier alpha value is -1.64. The molecule has 3 aromatic rings. The number of hydrogen-bond donors (Lipinski definition) is 1. The summed E-state index contributed by atoms with van der Waals surface area (Å²) >= 11 is 8.54. The second-order valence-electron chi connectivity index (χ2n) is 6.47. The average molecular weight is 513 g/mol. The fourth-order valence-electron chi connectivity index (χ4n) is 2.89. The molecule has 2 amide bonds. The summed E-state index contributed by atoms with van der Waals surface area (Å²) in [6.45, 7) is 0. The van der Waals surface area contributed by atoms with Gasteiger partial charge >= 0.3 is 0 Å². The number of thiophene rings is 1. The molecule has 2 aromatic heterocycles. The topological polar surface area (TPSA) is 56.4 Å². The molecule has 0 aliphatic heterocycles. The maximum atomic E-state index is 13.1. The lowest BCUT2D eigenvalue weighted by Gasteiger charge is -2.29. The van der Waals surface area contributed by atoms with Crippen LogP contribution in [0.2, 0.25) is 0 Å². The van der Waals surface area contributed by atoms with Crippen LogP contribution in [0.25, 0.3) is 10.2 Å². The van der Waals surface area contributed by atoms with Crippen molar-refractivity contribution in [1.82, 2.24) is 14.8 Å². The predicted octanol–water partition coefficient (Wildman–Crippen LogP) is 4.53. The molecule has 0 aliphatic carbocycles. The van der Waals surface area contributed by atoms with E-state index in [1.807, 2.05) is 36.4 Å². The van der Waals surface area contributed by atoms with Crippen LogP contribution in [-0.2, 0) is 11.2 Å². The Bertz CT molecular complexity index is 982. The molecule has 1 aromatic carbocycles. The Morgan fingerprint density at radius 3 is 2.41 bits per heavy atom. The van der Waals surface area contributed by atoms with Gasteiger partial charge in [-0.05, 0) is 43.5 Å². The second kappa shape index (κ2) is 8.16. The summed E-state index contributed by atoms with van der Waals surface area (Å²) in [5.41, 5.74) is 2.36. The normalized spacial score (nSPS) is 12.2. The quantitative estimate of drug-likeness (QED) is 0.546. The highest BCUT2D eigenvalue weighted by Gasteiger charge is 2.30. The molecule has 1 N–H and O–H groups in total. The molecule has 0 fully saturated rings. The van der Waals surface area contributed by atoms with Gasteiger partial charge in [-0.25, -0.2) is 0 Å². The van der Waals surface area contributed by atoms with Crippen molar-refractivity contribution in [3.63, 3.8) is 0 Å². The molecule has 5 nitrogen and oxygen atoms in total. The molecule has 0 saturated heterocycles. The van der Waals surface area contributed by atoms with Crippen LogP contribution in [0.4, 0.5) is 0 Å². The third-order valence-electron chi connectivity index (χ3n) is 4.39. The van der Waals surface area contributed by atoms with Crippen molar-refractivity contribution in [2.75, 3.05) is 21.1 Å². The number of carbonyl (C=O) groups excluding carboxylic acids is 2. The van der Waals surface area contributed by atoms with Gasteiger partial charge in [0.05, 0.1) is 18.5 Å². The SMILES string of the molecule is CN(C)C(=O)[C@H](Cc1ccccc1)N(C)C(=O)c1cc2sc(Br)c(Br)c2[nH]1. The van der Waals surface area contributed by atoms with Gasteiger partial charge in [-0.1, -0.05) is 30.3 Å². The number of likely N-dealkylation sites (N-methyl/N-ethyl adjacent to an activating group) is 2. The Morgan fingerprint density at radius 2 is 1.81 bits per heavy atom. The molecular weight excluding hydrogens is 494 g/mol. The van der Waals surface area contributed by atoms with E-state index < -0.39 is 6.04 Å². The second-order valence-corrected chi connectivity index (χ2v) is 9.63. The fraction of sp³-hybridized carbons (Fsp3) is 0.263. The molecule has 0 spiro atoms. The number of hydrogen-bond acceptors (Lipinski definition) is 3. The minimum absolute atomic E-state index is 0.105. The van der Waals surface area contributed by atoms with Crippen LogP contribution in [0.5, 0.6) is 0 Å². The number of halogens is 2. The smallest absolute Gasteiger partial charge is 0.270 e. The van der Waals surface area contributed by atoms with Crippen LogP contribution in [-0.4, -0.2) is 53.8 Å². The largest absolute Gasteiger partial charge is 0.349 e. The molecule has 8 heteroatoms. The van der Waals surface area contributed by atoms with Gasteiger partial charge in [0.25, 0.3) is 5.91 Å². The monoisotopic (exact) mass is 511 g/mol.